The van der Waals surface area contributed by atoms with E-state index in [9.17, 15) is 4.79 Å². The quantitative estimate of drug-likeness (QED) is 0.170. The number of aldehydes is 1. The number of fused-ring (bicyclic) bond motifs is 8. The van der Waals surface area contributed by atoms with Gasteiger partial charge in [0.1, 0.15) is 0 Å². The smallest absolute Gasteiger partial charge is 0.152 e. The summed E-state index contributed by atoms with van der Waals surface area (Å²) in [4.78, 5) is 31.2. The first kappa shape index (κ1) is 32.0. The van der Waals surface area contributed by atoms with Crippen molar-refractivity contribution in [2.75, 3.05) is 0 Å². The molecule has 0 spiro atoms. The van der Waals surface area contributed by atoms with Crippen LogP contribution in [0.4, 0.5) is 0 Å². The molecule has 7 heteroatoms. The minimum Gasteiger partial charge on any atom is -0.354 e. The molecule has 4 aromatic carbocycles. The van der Waals surface area contributed by atoms with Gasteiger partial charge in [0, 0.05) is 49.9 Å². The first-order valence-electron chi connectivity index (χ1n) is 16.8. The average molecular weight is 801 g/mol. The summed E-state index contributed by atoms with van der Waals surface area (Å²) in [7, 11) is 0. The van der Waals surface area contributed by atoms with Crippen LogP contribution < -0.4 is 0 Å². The molecular weight excluding hydrogens is 772 g/mol. The Kier molecular flexibility index (Phi) is 8.22. The van der Waals surface area contributed by atoms with Crippen LogP contribution in [-0.2, 0) is 4.79 Å². The lowest BCUT2D eigenvalue weighted by Crippen LogP contribution is -1.91. The predicted molar refractivity (Wildman–Crippen MR) is 221 cm³/mol. The van der Waals surface area contributed by atoms with E-state index in [1.165, 1.54) is 0 Å². The van der Waals surface area contributed by atoms with Gasteiger partial charge in [-0.05, 0) is 84.5 Å². The number of allylic oxidation sites excluding steroid dienone is 1. The number of H-pyrrole nitrogens is 2. The van der Waals surface area contributed by atoms with Crippen LogP contribution in [0.25, 0.3) is 87.2 Å². The summed E-state index contributed by atoms with van der Waals surface area (Å²) in [6.07, 6.45) is 2.81. The Labute approximate surface area is 316 Å². The third-order valence-corrected chi connectivity index (χ3v) is 11.5. The molecule has 52 heavy (non-hydrogen) atoms. The lowest BCUT2D eigenvalue weighted by molar-refractivity contribution is -0.103. The largest absolute Gasteiger partial charge is 0.354 e. The fourth-order valence-corrected chi connectivity index (χ4v) is 8.04. The van der Waals surface area contributed by atoms with Crippen LogP contribution in [0.3, 0.4) is 0 Å². The van der Waals surface area contributed by atoms with Crippen molar-refractivity contribution in [1.82, 2.24) is 19.9 Å². The monoisotopic (exact) mass is 798 g/mol. The summed E-state index contributed by atoms with van der Waals surface area (Å²) in [6.45, 7) is 0. The molecule has 0 amide bonds. The number of nitrogens with one attached hydrogen (secondary N) is 2. The fraction of sp³-hybridized carbons (Fsp3) is 0. The van der Waals surface area contributed by atoms with Crippen LogP contribution in [0.5, 0.6) is 0 Å². The van der Waals surface area contributed by atoms with Crippen molar-refractivity contribution in [2.24, 2.45) is 0 Å². The van der Waals surface area contributed by atoms with E-state index in [1.807, 2.05) is 78.9 Å². The van der Waals surface area contributed by atoms with E-state index in [4.69, 9.17) is 9.97 Å². The van der Waals surface area contributed by atoms with Gasteiger partial charge in [-0.25, -0.2) is 9.97 Å². The second kappa shape index (κ2) is 13.3. The van der Waals surface area contributed by atoms with Crippen LogP contribution >= 0.6 is 31.9 Å². The molecule has 0 fully saturated rings. The van der Waals surface area contributed by atoms with Gasteiger partial charge in [-0.1, -0.05) is 121 Å². The van der Waals surface area contributed by atoms with Gasteiger partial charge in [-0.15, -0.1) is 0 Å². The molecule has 8 bridgehead atoms. The Balaban J connectivity index is 1.54. The molecule has 3 aromatic heterocycles. The van der Waals surface area contributed by atoms with E-state index in [2.05, 4.69) is 115 Å². The molecule has 5 heterocycles. The van der Waals surface area contributed by atoms with Crippen molar-refractivity contribution in [2.45, 2.75) is 0 Å². The minimum absolute atomic E-state index is 0.506. The lowest BCUT2D eigenvalue weighted by Gasteiger charge is -2.07. The van der Waals surface area contributed by atoms with Crippen LogP contribution in [0.1, 0.15) is 22.8 Å². The van der Waals surface area contributed by atoms with E-state index < -0.39 is 0 Å². The molecule has 0 saturated heterocycles. The van der Waals surface area contributed by atoms with Crippen LogP contribution in [0.15, 0.2) is 146 Å². The van der Waals surface area contributed by atoms with Gasteiger partial charge >= 0.3 is 0 Å². The van der Waals surface area contributed by atoms with Gasteiger partial charge in [0.25, 0.3) is 0 Å². The molecule has 5 nitrogen and oxygen atoms in total. The van der Waals surface area contributed by atoms with E-state index in [0.29, 0.717) is 17.0 Å². The molecule has 2 N–H and O–H groups in total. The van der Waals surface area contributed by atoms with Gasteiger partial charge in [0.05, 0.1) is 31.7 Å². The second-order valence-electron chi connectivity index (χ2n) is 12.5. The molecule has 0 atom stereocenters. The number of carbonyl (C=O) groups is 1. The van der Waals surface area contributed by atoms with Crippen LogP contribution in [0.2, 0.25) is 0 Å². The van der Waals surface area contributed by atoms with Gasteiger partial charge < -0.3 is 9.97 Å². The van der Waals surface area contributed by atoms with Crippen molar-refractivity contribution in [3.05, 3.63) is 168 Å². The first-order valence-corrected chi connectivity index (χ1v) is 18.4. The Bertz CT molecular complexity index is 2680. The highest BCUT2D eigenvalue weighted by Crippen LogP contribution is 2.47. The highest BCUT2D eigenvalue weighted by molar-refractivity contribution is 9.18. The number of aromatic nitrogens is 4. The average Bonchev–Trinajstić information content (AvgIpc) is 4.01. The molecule has 7 aromatic rings. The number of halogens is 2. The number of benzene rings is 4. The third-order valence-electron chi connectivity index (χ3n) is 9.42. The molecule has 0 saturated carbocycles. The maximum atomic E-state index is 12.9. The molecule has 9 rings (SSSR count). The Morgan fingerprint density at radius 1 is 0.423 bits per heavy atom. The summed E-state index contributed by atoms with van der Waals surface area (Å²) < 4.78 is 1.69. The molecule has 0 aliphatic carbocycles. The topological polar surface area (TPSA) is 74.4 Å². The number of aromatic amines is 2. The first-order chi connectivity index (χ1) is 25.6. The molecule has 2 aliphatic rings. The highest BCUT2D eigenvalue weighted by Gasteiger charge is 2.26. The Morgan fingerprint density at radius 3 is 1.15 bits per heavy atom. The number of nitrogens with zero attached hydrogens (tertiary/aromatic N) is 2. The number of rotatable bonds is 5. The van der Waals surface area contributed by atoms with E-state index in [0.717, 1.165) is 93.2 Å². The van der Waals surface area contributed by atoms with Crippen LogP contribution in [-0.4, -0.2) is 26.2 Å². The van der Waals surface area contributed by atoms with Crippen molar-refractivity contribution in [3.63, 3.8) is 0 Å². The molecule has 0 radical (unpaired) electrons. The van der Waals surface area contributed by atoms with Crippen molar-refractivity contribution in [3.8, 4) is 44.5 Å². The summed E-state index contributed by atoms with van der Waals surface area (Å²) >= 11 is 7.93. The Morgan fingerprint density at radius 2 is 0.769 bits per heavy atom. The summed E-state index contributed by atoms with van der Waals surface area (Å²) in [5, 5.41) is 0. The summed E-state index contributed by atoms with van der Waals surface area (Å²) in [5.41, 5.74) is 14.4. The zero-order chi connectivity index (χ0) is 35.2. The van der Waals surface area contributed by atoms with Gasteiger partial charge in [0.15, 0.2) is 6.29 Å². The summed E-state index contributed by atoms with van der Waals surface area (Å²) in [5.74, 6) is 0. The normalized spacial score (nSPS) is 12.5. The van der Waals surface area contributed by atoms with Gasteiger partial charge in [0.2, 0.25) is 0 Å². The predicted octanol–water partition coefficient (Wildman–Crippen LogP) is 12.3. The maximum Gasteiger partial charge on any atom is 0.152 e. The second-order valence-corrected chi connectivity index (χ2v) is 14.1. The van der Waals surface area contributed by atoms with Crippen LogP contribution in [0, 0.1) is 0 Å². The zero-order valence-electron chi connectivity index (χ0n) is 27.6. The van der Waals surface area contributed by atoms with E-state index in [1.54, 1.807) is 0 Å². The fourth-order valence-electron chi connectivity index (χ4n) is 7.09. The van der Waals surface area contributed by atoms with Crippen molar-refractivity contribution >= 4 is 80.8 Å². The number of carbonyl (C=O) groups excluding carboxylic acids is 1. The van der Waals surface area contributed by atoms with Gasteiger partial charge in [-0.2, -0.15) is 0 Å². The van der Waals surface area contributed by atoms with Gasteiger partial charge in [-0.3, -0.25) is 4.79 Å². The third kappa shape index (κ3) is 5.50. The molecule has 2 aliphatic heterocycles. The standard InChI is InChI=1S/C45H28Br2N4O/c46-41-42(47)45-40(30-19-11-4-12-20-30)35-24-23-33(49-35)38(28-15-7-2-8-16-28)43-31(26-52)25-36(50-43)37(27-13-5-1-6-14-27)32-21-22-34(48-32)39(44(41)51-45)29-17-9-3-10-18-29/h1-26,48-49H. The van der Waals surface area contributed by atoms with Crippen molar-refractivity contribution in [1.29, 1.82) is 0 Å². The SMILES string of the molecule is O=CC1=Cc2nc1c(-c1ccccc1)c1ccc([nH]1)c(-c1ccccc1)c1nc(c(-c3ccccc3)c3ccc([nH]3)c2-c2ccccc2)C(Br)=C1Br. The van der Waals surface area contributed by atoms with E-state index >= 15 is 0 Å². The van der Waals surface area contributed by atoms with Crippen molar-refractivity contribution < 1.29 is 4.79 Å². The zero-order valence-corrected chi connectivity index (χ0v) is 30.7. The highest BCUT2D eigenvalue weighted by atomic mass is 79.9. The molecule has 248 valence electrons. The minimum atomic E-state index is 0.506. The number of hydrogen-bond acceptors (Lipinski definition) is 3. The summed E-state index contributed by atoms with van der Waals surface area (Å²) in [6, 6.07) is 49.2. The number of hydrogen-bond donors (Lipinski definition) is 2. The molecular formula is C45H28Br2N4O. The van der Waals surface area contributed by atoms with E-state index in [-0.39, 0.29) is 0 Å². The maximum absolute atomic E-state index is 12.9. The molecule has 0 unspecified atom stereocenters. The lowest BCUT2D eigenvalue weighted by atomic mass is 10.00. The Hall–Kier alpha value is -5.89.